The number of rotatable bonds is 8. The third kappa shape index (κ3) is 5.98. The Kier molecular flexibility index (Phi) is 8.73. The first-order valence-corrected chi connectivity index (χ1v) is 11.5. The number of carbonyl (C=O) groups excluding carboxylic acids is 3. The highest BCUT2D eigenvalue weighted by Gasteiger charge is 2.27. The SMILES string of the molecule is CCOC(=O)N1CCN(C(=O)c2ccccc2NC(=O)c2ccc(OCC)c(OCC)c2)CC1. The van der Waals surface area contributed by atoms with E-state index in [-0.39, 0.29) is 17.9 Å². The van der Waals surface area contributed by atoms with Crippen molar-refractivity contribution in [3.63, 3.8) is 0 Å². The van der Waals surface area contributed by atoms with Crippen LogP contribution in [-0.4, -0.2) is 73.7 Å². The van der Waals surface area contributed by atoms with Crippen LogP contribution >= 0.6 is 0 Å². The molecule has 182 valence electrons. The number of benzene rings is 2. The van der Waals surface area contributed by atoms with E-state index >= 15 is 0 Å². The Morgan fingerprint density at radius 2 is 1.47 bits per heavy atom. The van der Waals surface area contributed by atoms with Gasteiger partial charge in [-0.05, 0) is 51.1 Å². The fourth-order valence-electron chi connectivity index (χ4n) is 3.64. The van der Waals surface area contributed by atoms with E-state index in [0.717, 1.165) is 0 Å². The Morgan fingerprint density at radius 1 is 0.824 bits per heavy atom. The molecule has 3 amide bonds. The molecule has 1 heterocycles. The van der Waals surface area contributed by atoms with Gasteiger partial charge >= 0.3 is 6.09 Å². The third-order valence-corrected chi connectivity index (χ3v) is 5.30. The minimum absolute atomic E-state index is 0.207. The van der Waals surface area contributed by atoms with Crippen molar-refractivity contribution in [1.29, 1.82) is 0 Å². The molecule has 0 spiro atoms. The van der Waals surface area contributed by atoms with Gasteiger partial charge in [0.2, 0.25) is 0 Å². The van der Waals surface area contributed by atoms with Crippen LogP contribution in [0.4, 0.5) is 10.5 Å². The lowest BCUT2D eigenvalue weighted by Crippen LogP contribution is -2.50. The molecule has 0 aromatic heterocycles. The van der Waals surface area contributed by atoms with Crippen molar-refractivity contribution in [3.8, 4) is 11.5 Å². The number of hydrogen-bond donors (Lipinski definition) is 1. The number of nitrogens with zero attached hydrogens (tertiary/aromatic N) is 2. The molecule has 1 N–H and O–H groups in total. The molecule has 0 saturated carbocycles. The fraction of sp³-hybridized carbons (Fsp3) is 0.400. The molecule has 1 aliphatic rings. The molecule has 0 atom stereocenters. The number of amides is 3. The number of piperazine rings is 1. The molecule has 0 bridgehead atoms. The Bertz CT molecular complexity index is 1020. The maximum absolute atomic E-state index is 13.2. The number of ether oxygens (including phenoxy) is 3. The monoisotopic (exact) mass is 469 g/mol. The number of para-hydroxylation sites is 1. The maximum atomic E-state index is 13.2. The van der Waals surface area contributed by atoms with Crippen molar-refractivity contribution < 1.29 is 28.6 Å². The molecule has 1 aliphatic heterocycles. The fourth-order valence-corrected chi connectivity index (χ4v) is 3.64. The van der Waals surface area contributed by atoms with Crippen LogP contribution in [-0.2, 0) is 4.74 Å². The highest BCUT2D eigenvalue weighted by molar-refractivity contribution is 6.09. The Morgan fingerprint density at radius 3 is 2.15 bits per heavy atom. The molecule has 3 rings (SSSR count). The second kappa shape index (κ2) is 11.9. The van der Waals surface area contributed by atoms with Gasteiger partial charge in [-0.1, -0.05) is 12.1 Å². The summed E-state index contributed by atoms with van der Waals surface area (Å²) in [5, 5.41) is 2.84. The zero-order valence-corrected chi connectivity index (χ0v) is 19.8. The first kappa shape index (κ1) is 24.9. The van der Waals surface area contributed by atoms with Gasteiger partial charge in [0.05, 0.1) is 31.1 Å². The second-order valence-corrected chi connectivity index (χ2v) is 7.51. The van der Waals surface area contributed by atoms with E-state index in [1.54, 1.807) is 59.2 Å². The lowest BCUT2D eigenvalue weighted by Gasteiger charge is -2.34. The number of carbonyl (C=O) groups is 3. The summed E-state index contributed by atoms with van der Waals surface area (Å²) in [5.74, 6) is 0.483. The largest absolute Gasteiger partial charge is 0.490 e. The summed E-state index contributed by atoms with van der Waals surface area (Å²) in [6, 6.07) is 11.9. The third-order valence-electron chi connectivity index (χ3n) is 5.30. The normalized spacial score (nSPS) is 13.3. The van der Waals surface area contributed by atoms with E-state index in [9.17, 15) is 14.4 Å². The van der Waals surface area contributed by atoms with Crippen LogP contribution in [0, 0.1) is 0 Å². The standard InChI is InChI=1S/C25H31N3O6/c1-4-32-21-12-11-18(17-22(21)33-5-2)23(29)26-20-10-8-7-9-19(20)24(30)27-13-15-28(16-14-27)25(31)34-6-3/h7-12,17H,4-6,13-16H2,1-3H3,(H,26,29). The first-order valence-electron chi connectivity index (χ1n) is 11.5. The summed E-state index contributed by atoms with van der Waals surface area (Å²) in [5.41, 5.74) is 1.19. The topological polar surface area (TPSA) is 97.4 Å². The van der Waals surface area contributed by atoms with Crippen LogP contribution in [0.3, 0.4) is 0 Å². The van der Waals surface area contributed by atoms with Crippen LogP contribution in [0.5, 0.6) is 11.5 Å². The summed E-state index contributed by atoms with van der Waals surface area (Å²) in [4.78, 5) is 41.4. The second-order valence-electron chi connectivity index (χ2n) is 7.51. The minimum Gasteiger partial charge on any atom is -0.490 e. The van der Waals surface area contributed by atoms with Crippen LogP contribution in [0.25, 0.3) is 0 Å². The van der Waals surface area contributed by atoms with Crippen LogP contribution < -0.4 is 14.8 Å². The van der Waals surface area contributed by atoms with Crippen molar-refractivity contribution in [2.75, 3.05) is 51.3 Å². The van der Waals surface area contributed by atoms with Gasteiger partial charge in [-0.2, -0.15) is 0 Å². The molecular weight excluding hydrogens is 438 g/mol. The number of hydrogen-bond acceptors (Lipinski definition) is 6. The summed E-state index contributed by atoms with van der Waals surface area (Å²) >= 11 is 0. The summed E-state index contributed by atoms with van der Waals surface area (Å²) < 4.78 is 16.2. The van der Waals surface area contributed by atoms with Gasteiger partial charge in [-0.15, -0.1) is 0 Å². The highest BCUT2D eigenvalue weighted by atomic mass is 16.6. The molecular formula is C25H31N3O6. The van der Waals surface area contributed by atoms with E-state index < -0.39 is 0 Å². The molecule has 9 heteroatoms. The van der Waals surface area contributed by atoms with Crippen molar-refractivity contribution >= 4 is 23.6 Å². The molecule has 2 aromatic rings. The van der Waals surface area contributed by atoms with Gasteiger partial charge in [0.1, 0.15) is 0 Å². The predicted octanol–water partition coefficient (Wildman–Crippen LogP) is 3.65. The van der Waals surface area contributed by atoms with Crippen molar-refractivity contribution in [2.24, 2.45) is 0 Å². The van der Waals surface area contributed by atoms with Gasteiger partial charge in [-0.3, -0.25) is 9.59 Å². The number of nitrogens with one attached hydrogen (secondary N) is 1. The lowest BCUT2D eigenvalue weighted by molar-refractivity contribution is 0.0571. The van der Waals surface area contributed by atoms with Gasteiger partial charge in [0.15, 0.2) is 11.5 Å². The Balaban J connectivity index is 1.72. The molecule has 9 nitrogen and oxygen atoms in total. The summed E-state index contributed by atoms with van der Waals surface area (Å²) in [6.45, 7) is 8.28. The van der Waals surface area contributed by atoms with Gasteiger partial charge in [-0.25, -0.2) is 4.79 Å². The molecule has 1 saturated heterocycles. The maximum Gasteiger partial charge on any atom is 0.409 e. The number of anilines is 1. The zero-order chi connectivity index (χ0) is 24.5. The van der Waals surface area contributed by atoms with Crippen molar-refractivity contribution in [1.82, 2.24) is 9.80 Å². The van der Waals surface area contributed by atoms with Crippen molar-refractivity contribution in [2.45, 2.75) is 20.8 Å². The first-order chi connectivity index (χ1) is 16.5. The predicted molar refractivity (Wildman–Crippen MR) is 128 cm³/mol. The molecule has 0 aliphatic carbocycles. The quantitative estimate of drug-likeness (QED) is 0.634. The van der Waals surface area contributed by atoms with E-state index in [0.29, 0.717) is 74.3 Å². The lowest BCUT2D eigenvalue weighted by atomic mass is 10.1. The molecule has 0 radical (unpaired) electrons. The molecule has 0 unspecified atom stereocenters. The van der Waals surface area contributed by atoms with Crippen LogP contribution in [0.1, 0.15) is 41.5 Å². The van der Waals surface area contributed by atoms with Gasteiger partial charge < -0.3 is 29.3 Å². The average Bonchev–Trinajstić information content (AvgIpc) is 2.85. The van der Waals surface area contributed by atoms with E-state index in [1.807, 2.05) is 13.8 Å². The van der Waals surface area contributed by atoms with Crippen LogP contribution in [0.15, 0.2) is 42.5 Å². The van der Waals surface area contributed by atoms with Crippen molar-refractivity contribution in [3.05, 3.63) is 53.6 Å². The Hall–Kier alpha value is -3.75. The smallest absolute Gasteiger partial charge is 0.409 e. The average molecular weight is 470 g/mol. The summed E-state index contributed by atoms with van der Waals surface area (Å²) in [7, 11) is 0. The van der Waals surface area contributed by atoms with E-state index in [1.165, 1.54) is 0 Å². The summed E-state index contributed by atoms with van der Waals surface area (Å²) in [6.07, 6.45) is -0.371. The molecule has 1 fully saturated rings. The van der Waals surface area contributed by atoms with Gasteiger partial charge in [0.25, 0.3) is 11.8 Å². The zero-order valence-electron chi connectivity index (χ0n) is 19.8. The van der Waals surface area contributed by atoms with Crippen LogP contribution in [0.2, 0.25) is 0 Å². The van der Waals surface area contributed by atoms with E-state index in [4.69, 9.17) is 14.2 Å². The molecule has 34 heavy (non-hydrogen) atoms. The van der Waals surface area contributed by atoms with E-state index in [2.05, 4.69) is 5.32 Å². The highest BCUT2D eigenvalue weighted by Crippen LogP contribution is 2.29. The molecule has 2 aromatic carbocycles. The van der Waals surface area contributed by atoms with Gasteiger partial charge in [0, 0.05) is 31.7 Å². The minimum atomic E-state index is -0.371. The Labute approximate surface area is 199 Å².